The molecule has 6 aromatic carbocycles. The Bertz CT molecular complexity index is 2620. The van der Waals surface area contributed by atoms with Gasteiger partial charge in [-0.2, -0.15) is 4.72 Å². The SMILES string of the molecule is COc1cc2c(cc1OC)CN(C[C@@H]1C[C@H](c3ccc(CO)cc3)O[C@H](c3ccc(-c4cccc(CNC(=O)[C@@H](Cc5ccccc5)NS(=O)(=O)c5ccc(C)cc5)c4)cc3)O1)CC2. The van der Waals surface area contributed by atoms with E-state index in [1.54, 1.807) is 38.5 Å². The van der Waals surface area contributed by atoms with Crippen LogP contribution >= 0.6 is 0 Å². The first kappa shape index (κ1) is 44.7. The highest BCUT2D eigenvalue weighted by molar-refractivity contribution is 7.89. The molecular weight excluding hydrogens is 827 g/mol. The summed E-state index contributed by atoms with van der Waals surface area (Å²) in [6.45, 7) is 4.47. The fourth-order valence-electron chi connectivity index (χ4n) is 8.43. The van der Waals surface area contributed by atoms with Crippen molar-refractivity contribution in [2.45, 2.75) is 75.3 Å². The lowest BCUT2D eigenvalue weighted by molar-refractivity contribution is -0.253. The molecule has 1 fully saturated rings. The van der Waals surface area contributed by atoms with E-state index in [4.69, 9.17) is 18.9 Å². The zero-order valence-corrected chi connectivity index (χ0v) is 37.2. The molecule has 6 aromatic rings. The number of hydrogen-bond donors (Lipinski definition) is 3. The summed E-state index contributed by atoms with van der Waals surface area (Å²) in [4.78, 5) is 16.2. The largest absolute Gasteiger partial charge is 0.493 e. The van der Waals surface area contributed by atoms with Crippen molar-refractivity contribution in [2.24, 2.45) is 0 Å². The first-order valence-corrected chi connectivity index (χ1v) is 23.1. The number of aliphatic hydroxyl groups excluding tert-OH is 1. The van der Waals surface area contributed by atoms with Gasteiger partial charge in [-0.15, -0.1) is 0 Å². The Balaban J connectivity index is 0.954. The summed E-state index contributed by atoms with van der Waals surface area (Å²) < 4.78 is 54.0. The monoisotopic (exact) mass is 881 g/mol. The van der Waals surface area contributed by atoms with Crippen molar-refractivity contribution in [3.63, 3.8) is 0 Å². The number of rotatable bonds is 16. The molecule has 4 atom stereocenters. The molecule has 2 aliphatic rings. The fraction of sp³-hybridized carbons (Fsp3) is 0.288. The minimum absolute atomic E-state index is 0.0226. The highest BCUT2D eigenvalue weighted by atomic mass is 32.2. The van der Waals surface area contributed by atoms with Gasteiger partial charge in [0.15, 0.2) is 17.8 Å². The molecule has 3 N–H and O–H groups in total. The van der Waals surface area contributed by atoms with Gasteiger partial charge in [-0.05, 0) is 94.6 Å². The van der Waals surface area contributed by atoms with E-state index in [0.29, 0.717) is 6.42 Å². The van der Waals surface area contributed by atoms with Crippen molar-refractivity contribution in [1.82, 2.24) is 14.9 Å². The lowest BCUT2D eigenvalue weighted by atomic mass is 9.96. The maximum atomic E-state index is 13.7. The van der Waals surface area contributed by atoms with E-state index in [2.05, 4.69) is 27.1 Å². The standard InChI is InChI=1S/C52H55N3O8S/c1-35-12-22-46(23-13-35)64(58,59)54-47(27-36-8-5-4-6-9-36)51(57)53-31-38-10-7-11-42(26-38)39-18-20-41(21-19-39)52-62-45(30-48(63-52)40-16-14-37(34-56)15-17-40)33-55-25-24-43-28-49(60-2)50(61-3)29-44(43)32-55/h4-23,26,28-29,45,47-48,52,54,56H,24-25,27,30-34H2,1-3H3,(H,53,57)/t45-,47+,48+,52+/m0/s1. The molecule has 2 heterocycles. The Morgan fingerprint density at radius 3 is 2.16 bits per heavy atom. The number of fused-ring (bicyclic) bond motifs is 1. The summed E-state index contributed by atoms with van der Waals surface area (Å²) in [6, 6.07) is 43.1. The fourth-order valence-corrected chi connectivity index (χ4v) is 9.63. The Morgan fingerprint density at radius 1 is 0.766 bits per heavy atom. The number of nitrogens with zero attached hydrogens (tertiary/aromatic N) is 1. The minimum atomic E-state index is -3.97. The summed E-state index contributed by atoms with van der Waals surface area (Å²) in [5, 5.41) is 12.7. The predicted molar refractivity (Wildman–Crippen MR) is 246 cm³/mol. The molecule has 8 rings (SSSR count). The molecular formula is C52H55N3O8S. The summed E-state index contributed by atoms with van der Waals surface area (Å²) in [5.41, 5.74) is 9.84. The molecule has 11 nitrogen and oxygen atoms in total. The molecule has 0 radical (unpaired) electrons. The second-order valence-corrected chi connectivity index (χ2v) is 18.2. The number of amides is 1. The predicted octanol–water partition coefficient (Wildman–Crippen LogP) is 7.98. The van der Waals surface area contributed by atoms with E-state index in [9.17, 15) is 18.3 Å². The second kappa shape index (κ2) is 20.3. The zero-order chi connectivity index (χ0) is 44.6. The van der Waals surface area contributed by atoms with Gasteiger partial charge in [0.1, 0.15) is 6.04 Å². The van der Waals surface area contributed by atoms with Crippen LogP contribution in [0.4, 0.5) is 0 Å². The van der Waals surface area contributed by atoms with Crippen molar-refractivity contribution in [2.75, 3.05) is 27.3 Å². The minimum Gasteiger partial charge on any atom is -0.493 e. The van der Waals surface area contributed by atoms with Crippen LogP contribution < -0.4 is 19.5 Å². The van der Waals surface area contributed by atoms with Gasteiger partial charge in [0.2, 0.25) is 15.9 Å². The maximum absolute atomic E-state index is 13.7. The number of ether oxygens (including phenoxy) is 4. The van der Waals surface area contributed by atoms with Crippen LogP contribution in [0, 0.1) is 6.92 Å². The normalized spacial score (nSPS) is 18.2. The number of sulfonamides is 1. The molecule has 2 aliphatic heterocycles. The molecule has 64 heavy (non-hydrogen) atoms. The molecule has 0 saturated carbocycles. The topological polar surface area (TPSA) is 136 Å². The lowest BCUT2D eigenvalue weighted by Crippen LogP contribution is -2.47. The quantitative estimate of drug-likeness (QED) is 0.0885. The molecule has 12 heteroatoms. The van der Waals surface area contributed by atoms with Gasteiger partial charge < -0.3 is 29.4 Å². The van der Waals surface area contributed by atoms with E-state index in [1.165, 1.54) is 11.1 Å². The number of hydrogen-bond acceptors (Lipinski definition) is 9. The molecule has 1 saturated heterocycles. The molecule has 0 aromatic heterocycles. The van der Waals surface area contributed by atoms with Crippen LogP contribution in [-0.4, -0.2) is 63.8 Å². The van der Waals surface area contributed by atoms with Gasteiger partial charge in [0, 0.05) is 38.2 Å². The van der Waals surface area contributed by atoms with E-state index >= 15 is 0 Å². The number of carbonyl (C=O) groups excluding carboxylic acids is 1. The van der Waals surface area contributed by atoms with Gasteiger partial charge in [0.05, 0.1) is 37.9 Å². The van der Waals surface area contributed by atoms with Gasteiger partial charge >= 0.3 is 0 Å². The Morgan fingerprint density at radius 2 is 1.45 bits per heavy atom. The van der Waals surface area contributed by atoms with Crippen LogP contribution in [0.15, 0.2) is 144 Å². The summed E-state index contributed by atoms with van der Waals surface area (Å²) in [5.74, 6) is 1.05. The Hall–Kier alpha value is -5.86. The Kier molecular flexibility index (Phi) is 14.2. The molecule has 0 unspecified atom stereocenters. The number of aliphatic hydroxyl groups is 1. The van der Waals surface area contributed by atoms with E-state index < -0.39 is 28.3 Å². The van der Waals surface area contributed by atoms with E-state index in [0.717, 1.165) is 82.1 Å². The number of benzene rings is 6. The number of methoxy groups -OCH3 is 2. The number of carbonyl (C=O) groups is 1. The maximum Gasteiger partial charge on any atom is 0.241 e. The number of aryl methyl sites for hydroxylation is 1. The van der Waals surface area contributed by atoms with E-state index in [1.807, 2.05) is 110 Å². The van der Waals surface area contributed by atoms with Crippen LogP contribution in [0.2, 0.25) is 0 Å². The van der Waals surface area contributed by atoms with Crippen molar-refractivity contribution >= 4 is 15.9 Å². The zero-order valence-electron chi connectivity index (χ0n) is 36.4. The average molecular weight is 882 g/mol. The third-order valence-electron chi connectivity index (χ3n) is 12.0. The van der Waals surface area contributed by atoms with Crippen LogP contribution in [0.5, 0.6) is 11.5 Å². The molecule has 0 bridgehead atoms. The Labute approximate surface area is 376 Å². The first-order valence-electron chi connectivity index (χ1n) is 21.6. The summed E-state index contributed by atoms with van der Waals surface area (Å²) >= 11 is 0. The van der Waals surface area contributed by atoms with Gasteiger partial charge in [-0.3, -0.25) is 9.69 Å². The summed E-state index contributed by atoms with van der Waals surface area (Å²) in [6.07, 6.45) is 0.833. The van der Waals surface area contributed by atoms with Crippen molar-refractivity contribution in [3.05, 3.63) is 184 Å². The molecule has 1 amide bonds. The first-order chi connectivity index (χ1) is 31.1. The highest BCUT2D eigenvalue weighted by Crippen LogP contribution is 2.40. The molecule has 0 spiro atoms. The highest BCUT2D eigenvalue weighted by Gasteiger charge is 2.34. The van der Waals surface area contributed by atoms with Crippen molar-refractivity contribution < 1.29 is 37.3 Å². The average Bonchev–Trinajstić information content (AvgIpc) is 3.33. The van der Waals surface area contributed by atoms with Crippen LogP contribution in [0.1, 0.15) is 63.3 Å². The van der Waals surface area contributed by atoms with Crippen molar-refractivity contribution in [1.29, 1.82) is 0 Å². The smallest absolute Gasteiger partial charge is 0.241 e. The van der Waals surface area contributed by atoms with Gasteiger partial charge in [-0.1, -0.05) is 115 Å². The lowest BCUT2D eigenvalue weighted by Gasteiger charge is -2.39. The second-order valence-electron chi connectivity index (χ2n) is 16.5. The van der Waals surface area contributed by atoms with Crippen LogP contribution in [-0.2, 0) is 56.8 Å². The molecule has 332 valence electrons. The third-order valence-corrected chi connectivity index (χ3v) is 13.5. The van der Waals surface area contributed by atoms with Gasteiger partial charge in [-0.25, -0.2) is 8.42 Å². The van der Waals surface area contributed by atoms with Crippen LogP contribution in [0.3, 0.4) is 0 Å². The van der Waals surface area contributed by atoms with E-state index in [-0.39, 0.29) is 36.7 Å². The van der Waals surface area contributed by atoms with Crippen molar-refractivity contribution in [3.8, 4) is 22.6 Å². The number of nitrogens with one attached hydrogen (secondary N) is 2. The molecule has 0 aliphatic carbocycles. The third kappa shape index (κ3) is 10.9. The van der Waals surface area contributed by atoms with Gasteiger partial charge in [0.25, 0.3) is 0 Å². The van der Waals surface area contributed by atoms with Crippen LogP contribution in [0.25, 0.3) is 11.1 Å². The summed E-state index contributed by atoms with van der Waals surface area (Å²) in [7, 11) is -0.644.